The second-order valence-electron chi connectivity index (χ2n) is 6.23. The van der Waals surface area contributed by atoms with Crippen LogP contribution in [0.15, 0.2) is 36.5 Å². The van der Waals surface area contributed by atoms with E-state index in [-0.39, 0.29) is 11.6 Å². The molecule has 1 atom stereocenters. The number of hydrogen-bond donors (Lipinski definition) is 2. The van der Waals surface area contributed by atoms with Gasteiger partial charge in [0.15, 0.2) is 11.6 Å². The first-order valence-electron chi connectivity index (χ1n) is 8.18. The number of rotatable bonds is 4. The number of aromatic amines is 1. The lowest BCUT2D eigenvalue weighted by molar-refractivity contribution is 0.140. The van der Waals surface area contributed by atoms with Crippen LogP contribution in [0, 0.1) is 18.6 Å². The van der Waals surface area contributed by atoms with Crippen molar-refractivity contribution in [3.63, 3.8) is 0 Å². The SMILES string of the molecule is Cc1cc(Oc2c(F)cc3[nH]ccc3c2CC2CNC(=O)O2)ccc1F. The van der Waals surface area contributed by atoms with Crippen LogP contribution >= 0.6 is 0 Å². The van der Waals surface area contributed by atoms with Gasteiger partial charge in [-0.2, -0.15) is 0 Å². The average molecular weight is 358 g/mol. The van der Waals surface area contributed by atoms with E-state index in [9.17, 15) is 13.6 Å². The zero-order valence-corrected chi connectivity index (χ0v) is 13.9. The molecular formula is C19H16F2N2O3. The topological polar surface area (TPSA) is 63.3 Å². The lowest BCUT2D eigenvalue weighted by Crippen LogP contribution is -2.17. The molecule has 0 radical (unpaired) electrons. The van der Waals surface area contributed by atoms with Crippen molar-refractivity contribution in [2.75, 3.05) is 6.54 Å². The van der Waals surface area contributed by atoms with E-state index in [1.54, 1.807) is 13.1 Å². The first-order chi connectivity index (χ1) is 12.5. The Morgan fingerprint density at radius 1 is 1.23 bits per heavy atom. The van der Waals surface area contributed by atoms with E-state index in [4.69, 9.17) is 9.47 Å². The number of cyclic esters (lactones) is 1. The summed E-state index contributed by atoms with van der Waals surface area (Å²) in [6.07, 6.45) is 1.09. The number of halogens is 2. The van der Waals surface area contributed by atoms with E-state index in [1.165, 1.54) is 24.3 Å². The molecule has 3 aromatic rings. The van der Waals surface area contributed by atoms with Crippen LogP contribution in [-0.4, -0.2) is 23.7 Å². The molecule has 134 valence electrons. The Balaban J connectivity index is 1.76. The van der Waals surface area contributed by atoms with Crippen LogP contribution in [0.3, 0.4) is 0 Å². The Morgan fingerprint density at radius 2 is 2.08 bits per heavy atom. The Labute approximate surface area is 147 Å². The number of benzene rings is 2. The van der Waals surface area contributed by atoms with Crippen LogP contribution in [0.1, 0.15) is 11.1 Å². The maximum absolute atomic E-state index is 14.7. The summed E-state index contributed by atoms with van der Waals surface area (Å²) in [5.74, 6) is -0.524. The molecule has 2 heterocycles. The summed E-state index contributed by atoms with van der Waals surface area (Å²) in [6.45, 7) is 1.95. The number of carbonyl (C=O) groups is 1. The number of nitrogens with one attached hydrogen (secondary N) is 2. The summed E-state index contributed by atoms with van der Waals surface area (Å²) in [7, 11) is 0. The van der Waals surface area contributed by atoms with Gasteiger partial charge in [0.1, 0.15) is 17.7 Å². The van der Waals surface area contributed by atoms with Crippen molar-refractivity contribution in [3.05, 3.63) is 59.3 Å². The first kappa shape index (κ1) is 16.4. The number of H-pyrrole nitrogens is 1. The van der Waals surface area contributed by atoms with Gasteiger partial charge in [-0.25, -0.2) is 13.6 Å². The quantitative estimate of drug-likeness (QED) is 0.735. The minimum absolute atomic E-state index is 0.0473. The molecular weight excluding hydrogens is 342 g/mol. The molecule has 0 aliphatic carbocycles. The second-order valence-corrected chi connectivity index (χ2v) is 6.23. The highest BCUT2D eigenvalue weighted by Crippen LogP contribution is 2.36. The smallest absolute Gasteiger partial charge is 0.407 e. The van der Waals surface area contributed by atoms with Gasteiger partial charge in [-0.1, -0.05) is 0 Å². The molecule has 1 aliphatic rings. The molecule has 5 nitrogen and oxygen atoms in total. The fourth-order valence-corrected chi connectivity index (χ4v) is 3.11. The van der Waals surface area contributed by atoms with Crippen LogP contribution < -0.4 is 10.1 Å². The highest BCUT2D eigenvalue weighted by atomic mass is 19.1. The molecule has 7 heteroatoms. The molecule has 2 N–H and O–H groups in total. The summed E-state index contributed by atoms with van der Waals surface area (Å²) >= 11 is 0. The zero-order valence-electron chi connectivity index (χ0n) is 13.9. The Bertz CT molecular complexity index is 1000. The number of ether oxygens (including phenoxy) is 2. The number of aryl methyl sites for hydroxylation is 1. The van der Waals surface area contributed by atoms with E-state index < -0.39 is 18.0 Å². The van der Waals surface area contributed by atoms with E-state index >= 15 is 0 Å². The lowest BCUT2D eigenvalue weighted by atomic mass is 10.0. The fourth-order valence-electron chi connectivity index (χ4n) is 3.11. The van der Waals surface area contributed by atoms with Gasteiger partial charge in [0.05, 0.1) is 6.54 Å². The highest BCUT2D eigenvalue weighted by molar-refractivity contribution is 5.86. The molecule has 2 aromatic carbocycles. The fraction of sp³-hybridized carbons (Fsp3) is 0.211. The number of hydrogen-bond acceptors (Lipinski definition) is 3. The van der Waals surface area contributed by atoms with Crippen LogP contribution in [0.4, 0.5) is 13.6 Å². The van der Waals surface area contributed by atoms with Crippen LogP contribution in [-0.2, 0) is 11.2 Å². The Morgan fingerprint density at radius 3 is 2.81 bits per heavy atom. The molecule has 4 rings (SSSR count). The van der Waals surface area contributed by atoms with Crippen molar-refractivity contribution < 1.29 is 23.0 Å². The number of aromatic nitrogens is 1. The molecule has 1 unspecified atom stereocenters. The number of alkyl carbamates (subject to hydrolysis) is 1. The van der Waals surface area contributed by atoms with Gasteiger partial charge in [0, 0.05) is 35.2 Å². The van der Waals surface area contributed by atoms with Crippen LogP contribution in [0.25, 0.3) is 10.9 Å². The van der Waals surface area contributed by atoms with Gasteiger partial charge in [-0.3, -0.25) is 0 Å². The first-order valence-corrected chi connectivity index (χ1v) is 8.18. The molecule has 1 aromatic heterocycles. The van der Waals surface area contributed by atoms with Crippen molar-refractivity contribution in [2.45, 2.75) is 19.4 Å². The van der Waals surface area contributed by atoms with Crippen molar-refractivity contribution in [2.24, 2.45) is 0 Å². The van der Waals surface area contributed by atoms with Crippen LogP contribution in [0.2, 0.25) is 0 Å². The minimum Gasteiger partial charge on any atom is -0.454 e. The summed E-state index contributed by atoms with van der Waals surface area (Å²) in [4.78, 5) is 14.3. The molecule has 1 saturated heterocycles. The average Bonchev–Trinajstić information content (AvgIpc) is 3.22. The highest BCUT2D eigenvalue weighted by Gasteiger charge is 2.27. The maximum atomic E-state index is 14.7. The number of carbonyl (C=O) groups excluding carboxylic acids is 1. The standard InChI is InChI=1S/C19H16F2N2O3/c1-10-6-11(2-3-15(10)20)25-18-14(7-12-9-23-19(24)26-12)13-4-5-22-17(13)8-16(18)21/h2-6,8,12,22H,7,9H2,1H3,(H,23,24). The molecule has 0 bridgehead atoms. The summed E-state index contributed by atoms with van der Waals surface area (Å²) in [5.41, 5.74) is 1.61. The monoisotopic (exact) mass is 358 g/mol. The normalized spacial score (nSPS) is 16.6. The predicted molar refractivity (Wildman–Crippen MR) is 91.4 cm³/mol. The lowest BCUT2D eigenvalue weighted by Gasteiger charge is -2.16. The Kier molecular flexibility index (Phi) is 3.99. The van der Waals surface area contributed by atoms with Crippen LogP contribution in [0.5, 0.6) is 11.5 Å². The van der Waals surface area contributed by atoms with Crippen molar-refractivity contribution >= 4 is 17.0 Å². The third-order valence-corrected chi connectivity index (χ3v) is 4.40. The molecule has 26 heavy (non-hydrogen) atoms. The van der Waals surface area contributed by atoms with Crippen molar-refractivity contribution in [3.8, 4) is 11.5 Å². The van der Waals surface area contributed by atoms with Gasteiger partial charge in [0.25, 0.3) is 0 Å². The van der Waals surface area contributed by atoms with Crippen molar-refractivity contribution in [1.82, 2.24) is 10.3 Å². The molecule has 0 saturated carbocycles. The molecule has 1 amide bonds. The third-order valence-electron chi connectivity index (χ3n) is 4.40. The van der Waals surface area contributed by atoms with Gasteiger partial charge in [-0.15, -0.1) is 0 Å². The molecule has 1 aliphatic heterocycles. The van der Waals surface area contributed by atoms with E-state index in [0.29, 0.717) is 35.4 Å². The van der Waals surface area contributed by atoms with Gasteiger partial charge < -0.3 is 19.8 Å². The predicted octanol–water partition coefficient (Wildman–Crippen LogP) is 4.20. The zero-order chi connectivity index (χ0) is 18.3. The largest absolute Gasteiger partial charge is 0.454 e. The minimum atomic E-state index is -0.547. The van der Waals surface area contributed by atoms with Gasteiger partial charge >= 0.3 is 6.09 Å². The van der Waals surface area contributed by atoms with Gasteiger partial charge in [0.2, 0.25) is 0 Å². The third kappa shape index (κ3) is 2.96. The van der Waals surface area contributed by atoms with E-state index in [0.717, 1.165) is 5.39 Å². The van der Waals surface area contributed by atoms with Crippen molar-refractivity contribution in [1.29, 1.82) is 0 Å². The molecule has 0 spiro atoms. The van der Waals surface area contributed by atoms with Gasteiger partial charge in [-0.05, 0) is 36.8 Å². The van der Waals surface area contributed by atoms with E-state index in [1.807, 2.05) is 6.07 Å². The summed E-state index contributed by atoms with van der Waals surface area (Å²) < 4.78 is 39.2. The maximum Gasteiger partial charge on any atom is 0.407 e. The summed E-state index contributed by atoms with van der Waals surface area (Å²) in [6, 6.07) is 7.40. The summed E-state index contributed by atoms with van der Waals surface area (Å²) in [5, 5.41) is 3.36. The second kappa shape index (κ2) is 6.33. The number of amides is 1. The van der Waals surface area contributed by atoms with E-state index in [2.05, 4.69) is 10.3 Å². The molecule has 1 fully saturated rings. The number of fused-ring (bicyclic) bond motifs is 1. The Hall–Kier alpha value is -3.09.